The second-order valence-corrected chi connectivity index (χ2v) is 0.885. The number of hydrogen-bond donors (Lipinski definition) is 1. The number of aromatic amines is 1. The molecule has 0 unspecified atom stereocenters. The monoisotopic (exact) mass is 135 g/mol. The first-order chi connectivity index (χ1) is 3.50. The fraction of sp³-hybridized carbons (Fsp3) is 0.200. The molecule has 48 valence electrons. The predicted octanol–water partition coefficient (Wildman–Crippen LogP) is 1.71. The van der Waals surface area contributed by atoms with Gasteiger partial charge in [0.2, 0.25) is 0 Å². The van der Waals surface area contributed by atoms with Gasteiger partial charge in [-0.05, 0) is 12.1 Å². The summed E-state index contributed by atoms with van der Waals surface area (Å²) in [4.78, 5) is 2.86. The first-order valence-electron chi connectivity index (χ1n) is 1.96. The van der Waals surface area contributed by atoms with Crippen molar-refractivity contribution in [2.75, 3.05) is 7.18 Å². The Bertz CT molecular complexity index is 68.9. The second kappa shape index (κ2) is 9.75. The van der Waals surface area contributed by atoms with Crippen LogP contribution in [0.15, 0.2) is 24.5 Å². The minimum Gasteiger partial charge on any atom is -0.368 e. The number of H-pyrrole nitrogens is 1. The Balaban J connectivity index is 0. The molecule has 1 heterocycles. The second-order valence-electron chi connectivity index (χ2n) is 0.885. The van der Waals surface area contributed by atoms with Gasteiger partial charge in [-0.15, -0.1) is 0 Å². The fourth-order valence-electron chi connectivity index (χ4n) is 0.278. The molecule has 0 saturated heterocycles. The Kier molecular flexibility index (Phi) is 12.8. The number of aromatic nitrogens is 1. The molecule has 1 aromatic heterocycles. The van der Waals surface area contributed by atoms with Gasteiger partial charge in [0, 0.05) is 12.4 Å². The number of alkyl halides is 1. The van der Waals surface area contributed by atoms with Gasteiger partial charge >= 0.3 is 0 Å². The van der Waals surface area contributed by atoms with Crippen molar-refractivity contribution in [2.24, 2.45) is 0 Å². The predicted molar refractivity (Wildman–Crippen MR) is 38.2 cm³/mol. The lowest BCUT2D eigenvalue weighted by molar-refractivity contribution is 0.636. The maximum atomic E-state index is 9.50. The Morgan fingerprint density at radius 2 is 1.50 bits per heavy atom. The van der Waals surface area contributed by atoms with Crippen LogP contribution in [0.1, 0.15) is 0 Å². The van der Waals surface area contributed by atoms with Crippen LogP contribution in [-0.2, 0) is 0 Å². The fourth-order valence-corrected chi connectivity index (χ4v) is 0.278. The summed E-state index contributed by atoms with van der Waals surface area (Å²) in [5, 5.41) is 0. The van der Waals surface area contributed by atoms with E-state index in [9.17, 15) is 4.39 Å². The van der Waals surface area contributed by atoms with E-state index >= 15 is 0 Å². The SMILES string of the molecule is CF.S.c1cc[nH]c1. The molecule has 0 fully saturated rings. The van der Waals surface area contributed by atoms with E-state index in [2.05, 4.69) is 4.98 Å². The van der Waals surface area contributed by atoms with Gasteiger partial charge in [0.05, 0.1) is 7.18 Å². The van der Waals surface area contributed by atoms with Crippen molar-refractivity contribution >= 4 is 13.5 Å². The van der Waals surface area contributed by atoms with Crippen LogP contribution in [0.3, 0.4) is 0 Å². The van der Waals surface area contributed by atoms with E-state index in [4.69, 9.17) is 0 Å². The van der Waals surface area contributed by atoms with Crippen LogP contribution < -0.4 is 0 Å². The summed E-state index contributed by atoms with van der Waals surface area (Å²) in [6.07, 6.45) is 3.75. The number of rotatable bonds is 0. The largest absolute Gasteiger partial charge is 0.368 e. The molecule has 1 aromatic rings. The molecule has 0 atom stereocenters. The summed E-state index contributed by atoms with van der Waals surface area (Å²) in [5.41, 5.74) is 0. The van der Waals surface area contributed by atoms with Crippen LogP contribution >= 0.6 is 13.5 Å². The molecule has 0 aromatic carbocycles. The standard InChI is InChI=1S/C4H5N.CH3F.H2S/c1-2-4-5-3-1;1-2;/h1-5H;1H3;1H2. The van der Waals surface area contributed by atoms with Crippen molar-refractivity contribution in [2.45, 2.75) is 0 Å². The van der Waals surface area contributed by atoms with E-state index in [1.54, 1.807) is 0 Å². The summed E-state index contributed by atoms with van der Waals surface area (Å²) >= 11 is 0. The molecule has 0 aliphatic heterocycles. The normalized spacial score (nSPS) is 5.75. The molecule has 0 amide bonds. The number of hydrogen-bond acceptors (Lipinski definition) is 0. The lowest BCUT2D eigenvalue weighted by Crippen LogP contribution is -1.38. The Morgan fingerprint density at radius 3 is 1.62 bits per heavy atom. The molecule has 3 heteroatoms. The quantitative estimate of drug-likeness (QED) is 0.557. The number of nitrogens with one attached hydrogen (secondary N) is 1. The summed E-state index contributed by atoms with van der Waals surface area (Å²) < 4.78 is 9.50. The van der Waals surface area contributed by atoms with Gasteiger partial charge in [0.25, 0.3) is 0 Å². The van der Waals surface area contributed by atoms with Gasteiger partial charge in [-0.3, -0.25) is 4.39 Å². The third-order valence-electron chi connectivity index (χ3n) is 0.496. The lowest BCUT2D eigenvalue weighted by atomic mass is 10.7. The maximum absolute atomic E-state index is 9.50. The molecular formula is C5H10FNS. The summed E-state index contributed by atoms with van der Waals surface area (Å²) in [6, 6.07) is 3.89. The van der Waals surface area contributed by atoms with E-state index in [-0.39, 0.29) is 13.5 Å². The van der Waals surface area contributed by atoms with Crippen molar-refractivity contribution in [1.29, 1.82) is 0 Å². The van der Waals surface area contributed by atoms with Crippen molar-refractivity contribution in [3.05, 3.63) is 24.5 Å². The molecule has 0 aliphatic rings. The van der Waals surface area contributed by atoms with Crippen LogP contribution in [0.2, 0.25) is 0 Å². The molecule has 1 nitrogen and oxygen atoms in total. The molecule has 8 heavy (non-hydrogen) atoms. The Hall–Kier alpha value is -0.440. The van der Waals surface area contributed by atoms with E-state index in [0.29, 0.717) is 7.18 Å². The van der Waals surface area contributed by atoms with Crippen LogP contribution in [0.4, 0.5) is 4.39 Å². The summed E-state index contributed by atoms with van der Waals surface area (Å²) in [6.45, 7) is 0. The van der Waals surface area contributed by atoms with Crippen LogP contribution in [-0.4, -0.2) is 12.2 Å². The molecule has 0 bridgehead atoms. The average Bonchev–Trinajstić information content (AvgIpc) is 2.23. The van der Waals surface area contributed by atoms with E-state index < -0.39 is 0 Å². The van der Waals surface area contributed by atoms with Crippen molar-refractivity contribution < 1.29 is 4.39 Å². The zero-order valence-electron chi connectivity index (χ0n) is 4.69. The van der Waals surface area contributed by atoms with Gasteiger partial charge in [-0.25, -0.2) is 0 Å². The highest BCUT2D eigenvalue weighted by atomic mass is 32.1. The van der Waals surface area contributed by atoms with E-state index in [1.807, 2.05) is 24.5 Å². The van der Waals surface area contributed by atoms with Crippen LogP contribution in [0.25, 0.3) is 0 Å². The smallest absolute Gasteiger partial charge is 0.0785 e. The summed E-state index contributed by atoms with van der Waals surface area (Å²) in [7, 11) is 0.500. The summed E-state index contributed by atoms with van der Waals surface area (Å²) in [5.74, 6) is 0. The van der Waals surface area contributed by atoms with Gasteiger partial charge < -0.3 is 4.98 Å². The molecule has 0 spiro atoms. The maximum Gasteiger partial charge on any atom is 0.0785 e. The highest BCUT2D eigenvalue weighted by Gasteiger charge is 1.55. The first-order valence-corrected chi connectivity index (χ1v) is 1.96. The third-order valence-corrected chi connectivity index (χ3v) is 0.496. The zero-order chi connectivity index (χ0) is 5.54. The lowest BCUT2D eigenvalue weighted by Gasteiger charge is -1.49. The third kappa shape index (κ3) is 5.56. The molecule has 0 radical (unpaired) electrons. The van der Waals surface area contributed by atoms with Gasteiger partial charge in [0.1, 0.15) is 0 Å². The molecule has 1 rings (SSSR count). The van der Waals surface area contributed by atoms with Crippen LogP contribution in [0, 0.1) is 0 Å². The minimum absolute atomic E-state index is 0. The molecule has 1 N–H and O–H groups in total. The van der Waals surface area contributed by atoms with Crippen LogP contribution in [0.5, 0.6) is 0 Å². The first kappa shape index (κ1) is 10.5. The van der Waals surface area contributed by atoms with Crippen molar-refractivity contribution in [3.8, 4) is 0 Å². The van der Waals surface area contributed by atoms with Gasteiger partial charge in [-0.1, -0.05) is 0 Å². The molecular weight excluding hydrogens is 125 g/mol. The average molecular weight is 135 g/mol. The Morgan fingerprint density at radius 1 is 1.12 bits per heavy atom. The minimum atomic E-state index is 0. The van der Waals surface area contributed by atoms with Gasteiger partial charge in [0.15, 0.2) is 0 Å². The molecule has 0 aliphatic carbocycles. The Labute approximate surface area is 55.4 Å². The topological polar surface area (TPSA) is 15.8 Å². The van der Waals surface area contributed by atoms with E-state index in [0.717, 1.165) is 0 Å². The van der Waals surface area contributed by atoms with Crippen molar-refractivity contribution in [3.63, 3.8) is 0 Å². The zero-order valence-corrected chi connectivity index (χ0v) is 5.69. The van der Waals surface area contributed by atoms with Crippen molar-refractivity contribution in [1.82, 2.24) is 4.98 Å². The van der Waals surface area contributed by atoms with Gasteiger partial charge in [-0.2, -0.15) is 13.5 Å². The number of halogens is 1. The highest BCUT2D eigenvalue weighted by molar-refractivity contribution is 7.59. The van der Waals surface area contributed by atoms with E-state index in [1.165, 1.54) is 0 Å². The highest BCUT2D eigenvalue weighted by Crippen LogP contribution is 1.72. The molecule has 0 saturated carbocycles.